The van der Waals surface area contributed by atoms with Crippen molar-refractivity contribution in [1.29, 1.82) is 0 Å². The summed E-state index contributed by atoms with van der Waals surface area (Å²) < 4.78 is 49.6. The Hall–Kier alpha value is -2.84. The molecular weight excluding hydrogens is 387 g/mol. The second-order valence-corrected chi connectivity index (χ2v) is 6.95. The number of methoxy groups -OCH3 is 1. The van der Waals surface area contributed by atoms with E-state index in [1.807, 2.05) is 4.90 Å². The number of aromatic nitrogens is 2. The largest absolute Gasteiger partial charge is 0.493 e. The Balaban J connectivity index is 1.70. The predicted octanol–water partition coefficient (Wildman–Crippen LogP) is 3.89. The first-order chi connectivity index (χ1) is 13.8. The number of nitrogens with zero attached hydrogens (tertiary/aromatic N) is 3. The number of hydrogen-bond acceptors (Lipinski definition) is 6. The highest BCUT2D eigenvalue weighted by molar-refractivity contribution is 5.87. The number of anilines is 1. The maximum absolute atomic E-state index is 13.1. The molecule has 1 atom stereocenters. The van der Waals surface area contributed by atoms with Crippen LogP contribution >= 0.6 is 0 Å². The van der Waals surface area contributed by atoms with Crippen molar-refractivity contribution < 1.29 is 27.4 Å². The van der Waals surface area contributed by atoms with Crippen molar-refractivity contribution in [2.45, 2.75) is 25.9 Å². The minimum Gasteiger partial charge on any atom is -0.493 e. The van der Waals surface area contributed by atoms with Gasteiger partial charge >= 0.3 is 12.1 Å². The number of esters is 1. The van der Waals surface area contributed by atoms with Crippen LogP contribution in [0.5, 0.6) is 5.75 Å². The first-order valence-corrected chi connectivity index (χ1v) is 9.26. The van der Waals surface area contributed by atoms with Crippen LogP contribution in [0.1, 0.15) is 34.6 Å². The summed E-state index contributed by atoms with van der Waals surface area (Å²) in [6.07, 6.45) is -2.82. The molecule has 0 N–H and O–H groups in total. The average molecular weight is 409 g/mol. The number of carbonyl (C=O) groups excluding carboxylic acids is 1. The fourth-order valence-electron chi connectivity index (χ4n) is 3.32. The lowest BCUT2D eigenvalue weighted by molar-refractivity contribution is -0.139. The quantitative estimate of drug-likeness (QED) is 0.699. The molecular formula is C20H22F3N3O3. The Kier molecular flexibility index (Phi) is 6.24. The second-order valence-electron chi connectivity index (χ2n) is 6.95. The molecule has 9 heteroatoms. The summed E-state index contributed by atoms with van der Waals surface area (Å²) in [6, 6.07) is 6.75. The smallest absolute Gasteiger partial charge is 0.419 e. The molecule has 1 fully saturated rings. The van der Waals surface area contributed by atoms with Crippen LogP contribution in [0.2, 0.25) is 0 Å². The van der Waals surface area contributed by atoms with Crippen molar-refractivity contribution in [2.24, 2.45) is 5.92 Å². The molecule has 156 valence electrons. The Morgan fingerprint density at radius 1 is 1.28 bits per heavy atom. The van der Waals surface area contributed by atoms with Crippen LogP contribution in [0, 0.1) is 12.8 Å². The van der Waals surface area contributed by atoms with Gasteiger partial charge in [-0.25, -0.2) is 14.8 Å². The number of alkyl halides is 3. The average Bonchev–Trinajstić information content (AvgIpc) is 2.71. The summed E-state index contributed by atoms with van der Waals surface area (Å²) >= 11 is 0. The number of benzene rings is 1. The molecule has 2 heterocycles. The zero-order chi connectivity index (χ0) is 21.0. The van der Waals surface area contributed by atoms with Crippen molar-refractivity contribution >= 4 is 11.9 Å². The molecule has 0 aliphatic carbocycles. The molecule has 1 aliphatic heterocycles. The molecule has 1 saturated heterocycles. The summed E-state index contributed by atoms with van der Waals surface area (Å²) in [5, 5.41) is 0. The number of ether oxygens (including phenoxy) is 2. The number of halogens is 3. The fourth-order valence-corrected chi connectivity index (χ4v) is 3.32. The number of hydrogen-bond donors (Lipinski definition) is 0. The number of aryl methyl sites for hydroxylation is 1. The summed E-state index contributed by atoms with van der Waals surface area (Å²) in [7, 11) is 1.28. The van der Waals surface area contributed by atoms with Crippen LogP contribution in [-0.4, -0.2) is 42.7 Å². The molecule has 29 heavy (non-hydrogen) atoms. The molecule has 3 rings (SSSR count). The van der Waals surface area contributed by atoms with Gasteiger partial charge in [0.1, 0.15) is 5.75 Å². The molecule has 2 aromatic rings. The topological polar surface area (TPSA) is 64.5 Å². The van der Waals surface area contributed by atoms with Crippen molar-refractivity contribution in [3.05, 3.63) is 47.3 Å². The van der Waals surface area contributed by atoms with Crippen molar-refractivity contribution in [3.63, 3.8) is 0 Å². The first kappa shape index (κ1) is 20.9. The van der Waals surface area contributed by atoms with Gasteiger partial charge in [0.2, 0.25) is 5.95 Å². The second kappa shape index (κ2) is 8.67. The number of para-hydroxylation sites is 1. The van der Waals surface area contributed by atoms with E-state index in [2.05, 4.69) is 9.97 Å². The molecule has 0 saturated carbocycles. The Morgan fingerprint density at radius 2 is 2.03 bits per heavy atom. The van der Waals surface area contributed by atoms with Gasteiger partial charge in [0.05, 0.1) is 19.3 Å². The van der Waals surface area contributed by atoms with Crippen molar-refractivity contribution in [3.8, 4) is 5.75 Å². The SMILES string of the molecule is COC(=O)c1cc(C)nc(N2CCC[C@H](COc3ccccc3C(F)(F)F)C2)n1. The van der Waals surface area contributed by atoms with Gasteiger partial charge < -0.3 is 14.4 Å². The van der Waals surface area contributed by atoms with E-state index in [1.54, 1.807) is 13.0 Å². The van der Waals surface area contributed by atoms with Crippen LogP contribution in [0.4, 0.5) is 19.1 Å². The number of rotatable bonds is 5. The normalized spacial score (nSPS) is 17.1. The highest BCUT2D eigenvalue weighted by Gasteiger charge is 2.34. The third kappa shape index (κ3) is 5.16. The number of piperidine rings is 1. The van der Waals surface area contributed by atoms with Crippen LogP contribution in [0.3, 0.4) is 0 Å². The molecule has 0 bridgehead atoms. The lowest BCUT2D eigenvalue weighted by atomic mass is 9.99. The van der Waals surface area contributed by atoms with Gasteiger partial charge in [-0.05, 0) is 38.0 Å². The van der Waals surface area contributed by atoms with Crippen LogP contribution in [0.15, 0.2) is 30.3 Å². The minimum atomic E-state index is -4.46. The van der Waals surface area contributed by atoms with Gasteiger partial charge in [0.25, 0.3) is 0 Å². The van der Waals surface area contributed by atoms with Gasteiger partial charge in [-0.15, -0.1) is 0 Å². The molecule has 1 aliphatic rings. The van der Waals surface area contributed by atoms with Gasteiger partial charge in [0, 0.05) is 24.7 Å². The standard InChI is InChI=1S/C20H22F3N3O3/c1-13-10-16(18(27)28-2)25-19(24-13)26-9-5-6-14(11-26)12-29-17-8-4-3-7-15(17)20(21,22)23/h3-4,7-8,10,14H,5-6,9,11-12H2,1-2H3/t14-/m0/s1. The molecule has 0 amide bonds. The Labute approximate surface area is 166 Å². The van der Waals surface area contributed by atoms with E-state index in [1.165, 1.54) is 25.3 Å². The lowest BCUT2D eigenvalue weighted by Gasteiger charge is -2.33. The van der Waals surface area contributed by atoms with E-state index in [-0.39, 0.29) is 24.0 Å². The van der Waals surface area contributed by atoms with Crippen molar-refractivity contribution in [2.75, 3.05) is 31.7 Å². The zero-order valence-corrected chi connectivity index (χ0v) is 16.2. The zero-order valence-electron chi connectivity index (χ0n) is 16.2. The Bertz CT molecular complexity index is 874. The van der Waals surface area contributed by atoms with Crippen LogP contribution in [0.25, 0.3) is 0 Å². The van der Waals surface area contributed by atoms with Crippen LogP contribution < -0.4 is 9.64 Å². The highest BCUT2D eigenvalue weighted by Crippen LogP contribution is 2.36. The van der Waals surface area contributed by atoms with E-state index >= 15 is 0 Å². The molecule has 6 nitrogen and oxygen atoms in total. The van der Waals surface area contributed by atoms with Gasteiger partial charge in [-0.2, -0.15) is 13.2 Å². The van der Waals surface area contributed by atoms with E-state index in [4.69, 9.17) is 9.47 Å². The summed E-state index contributed by atoms with van der Waals surface area (Å²) in [4.78, 5) is 22.4. The summed E-state index contributed by atoms with van der Waals surface area (Å²) in [5.74, 6) is -0.296. The molecule has 0 unspecified atom stereocenters. The van der Waals surface area contributed by atoms with Gasteiger partial charge in [-0.1, -0.05) is 12.1 Å². The van der Waals surface area contributed by atoms with Crippen molar-refractivity contribution in [1.82, 2.24) is 9.97 Å². The molecule has 1 aromatic heterocycles. The minimum absolute atomic E-state index is 0.00993. The molecule has 0 spiro atoms. The number of carbonyl (C=O) groups is 1. The maximum atomic E-state index is 13.1. The van der Waals surface area contributed by atoms with E-state index in [9.17, 15) is 18.0 Å². The third-order valence-electron chi connectivity index (χ3n) is 4.71. The van der Waals surface area contributed by atoms with E-state index < -0.39 is 17.7 Å². The highest BCUT2D eigenvalue weighted by atomic mass is 19.4. The van der Waals surface area contributed by atoms with Gasteiger partial charge in [0.15, 0.2) is 5.69 Å². The summed E-state index contributed by atoms with van der Waals surface area (Å²) in [5.41, 5.74) is 0.0257. The molecule has 0 radical (unpaired) electrons. The van der Waals surface area contributed by atoms with E-state index in [0.29, 0.717) is 24.7 Å². The third-order valence-corrected chi connectivity index (χ3v) is 4.71. The maximum Gasteiger partial charge on any atom is 0.419 e. The lowest BCUT2D eigenvalue weighted by Crippen LogP contribution is -2.39. The monoisotopic (exact) mass is 409 g/mol. The first-order valence-electron chi connectivity index (χ1n) is 9.26. The van der Waals surface area contributed by atoms with Crippen LogP contribution in [-0.2, 0) is 10.9 Å². The summed E-state index contributed by atoms with van der Waals surface area (Å²) in [6.45, 7) is 3.13. The Morgan fingerprint density at radius 3 is 2.76 bits per heavy atom. The van der Waals surface area contributed by atoms with Gasteiger partial charge in [-0.3, -0.25) is 0 Å². The molecule has 1 aromatic carbocycles. The predicted molar refractivity (Wildman–Crippen MR) is 100.0 cm³/mol. The van der Waals surface area contributed by atoms with E-state index in [0.717, 1.165) is 18.9 Å². The fraction of sp³-hybridized carbons (Fsp3) is 0.450.